The highest BCUT2D eigenvalue weighted by Crippen LogP contribution is 1.95. The molecule has 0 aromatic carbocycles. The van der Waals surface area contributed by atoms with E-state index in [9.17, 15) is 0 Å². The van der Waals surface area contributed by atoms with Crippen molar-refractivity contribution in [1.82, 2.24) is 0 Å². The summed E-state index contributed by atoms with van der Waals surface area (Å²) in [5.41, 5.74) is 0.331. The van der Waals surface area contributed by atoms with Crippen molar-refractivity contribution in [2.24, 2.45) is 0 Å². The van der Waals surface area contributed by atoms with Crippen LogP contribution in [0.15, 0.2) is 11.3 Å². The van der Waals surface area contributed by atoms with Gasteiger partial charge in [-0.3, -0.25) is 0 Å². The summed E-state index contributed by atoms with van der Waals surface area (Å²) in [6.45, 7) is 1.82. The van der Waals surface area contributed by atoms with Crippen molar-refractivity contribution in [1.29, 1.82) is 5.41 Å². The molecule has 3 heteroatoms. The fourth-order valence-electron chi connectivity index (χ4n) is 0.246. The maximum atomic E-state index is 8.34. The Morgan fingerprint density at radius 3 is 2.50 bits per heavy atom. The Hall–Kier alpha value is -0.500. The molecule has 0 aliphatic rings. The highest BCUT2D eigenvalue weighted by Gasteiger charge is 1.87. The Kier molecular flexibility index (Phi) is 3.28. The summed E-state index contributed by atoms with van der Waals surface area (Å²) < 4.78 is 0. The van der Waals surface area contributed by atoms with E-state index in [1.54, 1.807) is 0 Å². The van der Waals surface area contributed by atoms with Crippen LogP contribution in [0.1, 0.15) is 13.3 Å². The average Bonchev–Trinajstić information content (AvgIpc) is 1.65. The molecule has 2 N–H and O–H groups in total. The van der Waals surface area contributed by atoms with Crippen molar-refractivity contribution >= 4 is 17.3 Å². The van der Waals surface area contributed by atoms with Gasteiger partial charge in [0.25, 0.3) is 0 Å². The minimum Gasteiger partial charge on any atom is -0.498 e. The predicted octanol–water partition coefficient (Wildman–Crippen LogP) is 2.05. The molecule has 0 fully saturated rings. The second-order valence-electron chi connectivity index (χ2n) is 1.35. The number of halogens is 1. The van der Waals surface area contributed by atoms with E-state index in [4.69, 9.17) is 22.1 Å². The quantitative estimate of drug-likeness (QED) is 0.440. The minimum absolute atomic E-state index is 0.322. The third-order valence-corrected chi connectivity index (χ3v) is 0.783. The number of nitrogens with one attached hydrogen (secondary N) is 1. The van der Waals surface area contributed by atoms with Crippen molar-refractivity contribution in [3.8, 4) is 0 Å². The Labute approximate surface area is 53.3 Å². The SMILES string of the molecule is CCC(=N)/C=C(\O)Cl. The average molecular weight is 134 g/mol. The first-order chi connectivity index (χ1) is 3.66. The van der Waals surface area contributed by atoms with Gasteiger partial charge in [0, 0.05) is 11.8 Å². The first-order valence-corrected chi connectivity index (χ1v) is 2.68. The third kappa shape index (κ3) is 3.68. The lowest BCUT2D eigenvalue weighted by Gasteiger charge is -1.87. The lowest BCUT2D eigenvalue weighted by atomic mass is 10.3. The first-order valence-electron chi connectivity index (χ1n) is 2.30. The summed E-state index contributed by atoms with van der Waals surface area (Å²) in [4.78, 5) is 0. The molecule has 0 bridgehead atoms. The zero-order chi connectivity index (χ0) is 6.57. The maximum absolute atomic E-state index is 8.34. The van der Waals surface area contributed by atoms with Gasteiger partial charge in [0.15, 0.2) is 5.22 Å². The molecule has 0 atom stereocenters. The molecular formula is C5H8ClNO. The van der Waals surface area contributed by atoms with Crippen LogP contribution in [0.2, 0.25) is 0 Å². The van der Waals surface area contributed by atoms with E-state index in [-0.39, 0.29) is 5.22 Å². The summed E-state index contributed by atoms with van der Waals surface area (Å²) in [5, 5.41) is 15.0. The maximum Gasteiger partial charge on any atom is 0.186 e. The van der Waals surface area contributed by atoms with E-state index in [1.807, 2.05) is 6.92 Å². The van der Waals surface area contributed by atoms with Crippen LogP contribution in [-0.2, 0) is 0 Å². The standard InChI is InChI=1S/C5H8ClNO/c1-2-4(7)3-5(6)8/h3,7-8H,2H2,1H3/b5-3-,7-4?. The Morgan fingerprint density at radius 2 is 2.38 bits per heavy atom. The van der Waals surface area contributed by atoms with E-state index >= 15 is 0 Å². The van der Waals surface area contributed by atoms with Crippen molar-refractivity contribution in [2.75, 3.05) is 0 Å². The highest BCUT2D eigenvalue weighted by molar-refractivity contribution is 6.29. The van der Waals surface area contributed by atoms with Gasteiger partial charge in [-0.2, -0.15) is 0 Å². The fourth-order valence-corrected chi connectivity index (χ4v) is 0.378. The molecule has 0 unspecified atom stereocenters. The minimum atomic E-state index is -0.322. The van der Waals surface area contributed by atoms with Crippen LogP contribution >= 0.6 is 11.6 Å². The molecule has 8 heavy (non-hydrogen) atoms. The number of rotatable bonds is 2. The Morgan fingerprint density at radius 1 is 1.88 bits per heavy atom. The van der Waals surface area contributed by atoms with Crippen molar-refractivity contribution in [3.63, 3.8) is 0 Å². The predicted molar refractivity (Wildman–Crippen MR) is 34.6 cm³/mol. The van der Waals surface area contributed by atoms with Crippen LogP contribution in [-0.4, -0.2) is 10.8 Å². The molecule has 2 nitrogen and oxygen atoms in total. The van der Waals surface area contributed by atoms with Gasteiger partial charge in [0.1, 0.15) is 0 Å². The Bertz CT molecular complexity index is 116. The second-order valence-corrected chi connectivity index (χ2v) is 1.73. The fraction of sp³-hybridized carbons (Fsp3) is 0.400. The van der Waals surface area contributed by atoms with Gasteiger partial charge in [0.05, 0.1) is 0 Å². The lowest BCUT2D eigenvalue weighted by molar-refractivity contribution is 0.453. The molecule has 0 aromatic rings. The van der Waals surface area contributed by atoms with E-state index < -0.39 is 0 Å². The molecule has 0 radical (unpaired) electrons. The van der Waals surface area contributed by atoms with E-state index in [0.29, 0.717) is 12.1 Å². The van der Waals surface area contributed by atoms with Gasteiger partial charge in [-0.25, -0.2) is 0 Å². The number of aliphatic hydroxyl groups excluding tert-OH is 1. The van der Waals surface area contributed by atoms with Gasteiger partial charge in [-0.05, 0) is 18.0 Å². The van der Waals surface area contributed by atoms with Gasteiger partial charge in [-0.1, -0.05) is 6.92 Å². The summed E-state index contributed by atoms with van der Waals surface area (Å²) >= 11 is 5.03. The second kappa shape index (κ2) is 3.50. The van der Waals surface area contributed by atoms with Crippen LogP contribution in [0.3, 0.4) is 0 Å². The smallest absolute Gasteiger partial charge is 0.186 e. The monoisotopic (exact) mass is 133 g/mol. The molecule has 0 aliphatic carbocycles. The summed E-state index contributed by atoms with van der Waals surface area (Å²) in [5.74, 6) is 0. The van der Waals surface area contributed by atoms with E-state index in [1.165, 1.54) is 6.08 Å². The largest absolute Gasteiger partial charge is 0.498 e. The third-order valence-electron chi connectivity index (χ3n) is 0.674. The van der Waals surface area contributed by atoms with Gasteiger partial charge in [0.2, 0.25) is 0 Å². The number of allylic oxidation sites excluding steroid dienone is 1. The topological polar surface area (TPSA) is 44.1 Å². The highest BCUT2D eigenvalue weighted by atomic mass is 35.5. The van der Waals surface area contributed by atoms with Crippen LogP contribution in [0.4, 0.5) is 0 Å². The molecular weight excluding hydrogens is 126 g/mol. The number of aliphatic hydroxyl groups is 1. The van der Waals surface area contributed by atoms with Crippen LogP contribution in [0.25, 0.3) is 0 Å². The molecule has 0 spiro atoms. The van der Waals surface area contributed by atoms with Crippen molar-refractivity contribution < 1.29 is 5.11 Å². The lowest BCUT2D eigenvalue weighted by Crippen LogP contribution is -1.86. The molecule has 0 aliphatic heterocycles. The van der Waals surface area contributed by atoms with E-state index in [2.05, 4.69) is 0 Å². The van der Waals surface area contributed by atoms with Gasteiger partial charge in [-0.15, -0.1) is 0 Å². The van der Waals surface area contributed by atoms with Crippen molar-refractivity contribution in [3.05, 3.63) is 11.3 Å². The van der Waals surface area contributed by atoms with Gasteiger partial charge >= 0.3 is 0 Å². The zero-order valence-corrected chi connectivity index (χ0v) is 5.37. The molecule has 0 heterocycles. The molecule has 46 valence electrons. The first kappa shape index (κ1) is 7.50. The molecule has 0 aromatic heterocycles. The van der Waals surface area contributed by atoms with Crippen molar-refractivity contribution in [2.45, 2.75) is 13.3 Å². The molecule has 0 saturated carbocycles. The summed E-state index contributed by atoms with van der Waals surface area (Å²) in [7, 11) is 0. The van der Waals surface area contributed by atoms with Crippen LogP contribution < -0.4 is 0 Å². The summed E-state index contributed by atoms with van der Waals surface area (Å²) in [6, 6.07) is 0. The molecule has 0 rings (SSSR count). The normalized spacial score (nSPS) is 11.5. The summed E-state index contributed by atoms with van der Waals surface area (Å²) in [6.07, 6.45) is 1.80. The number of hydrogen-bond donors (Lipinski definition) is 2. The van der Waals surface area contributed by atoms with E-state index in [0.717, 1.165) is 0 Å². The Balaban J connectivity index is 3.70. The van der Waals surface area contributed by atoms with Crippen LogP contribution in [0.5, 0.6) is 0 Å². The molecule has 0 amide bonds. The molecule has 0 saturated heterocycles. The zero-order valence-electron chi connectivity index (χ0n) is 4.61. The van der Waals surface area contributed by atoms with Gasteiger partial charge < -0.3 is 10.5 Å². The number of hydrogen-bond acceptors (Lipinski definition) is 2. The van der Waals surface area contributed by atoms with Crippen LogP contribution in [0, 0.1) is 5.41 Å².